The van der Waals surface area contributed by atoms with Crippen molar-refractivity contribution in [3.8, 4) is 5.75 Å². The third kappa shape index (κ3) is 3.48. The van der Waals surface area contributed by atoms with Crippen LogP contribution in [0.3, 0.4) is 0 Å². The van der Waals surface area contributed by atoms with Gasteiger partial charge in [0.25, 0.3) is 0 Å². The molecule has 0 bridgehead atoms. The number of piperazine rings is 1. The Kier molecular flexibility index (Phi) is 5.76. The monoisotopic (exact) mass is 282 g/mol. The molecule has 0 radical (unpaired) electrons. The molecule has 1 fully saturated rings. The average Bonchev–Trinajstić information content (AvgIpc) is 2.50. The Bertz CT molecular complexity index is 422. The van der Waals surface area contributed by atoms with Crippen molar-refractivity contribution in [3.05, 3.63) is 29.6 Å². The Morgan fingerprint density at radius 2 is 2.15 bits per heavy atom. The molecule has 0 unspecified atom stereocenters. The largest absolute Gasteiger partial charge is 0.494 e. The van der Waals surface area contributed by atoms with Crippen LogP contribution in [0, 0.1) is 5.82 Å². The second-order valence-electron chi connectivity index (χ2n) is 5.03. The Morgan fingerprint density at radius 1 is 1.40 bits per heavy atom. The number of halogens is 1. The summed E-state index contributed by atoms with van der Waals surface area (Å²) in [4.78, 5) is 2.28. The second-order valence-corrected chi connectivity index (χ2v) is 5.03. The molecule has 1 atom stereocenters. The summed E-state index contributed by atoms with van der Waals surface area (Å²) in [6.45, 7) is 3.76. The number of aliphatic hydroxyl groups excluding tert-OH is 1. The fourth-order valence-electron chi connectivity index (χ4n) is 2.76. The van der Waals surface area contributed by atoms with Crippen molar-refractivity contribution >= 4 is 0 Å². The molecule has 1 aliphatic rings. The molecule has 5 heteroatoms. The zero-order chi connectivity index (χ0) is 14.4. The van der Waals surface area contributed by atoms with Crippen molar-refractivity contribution in [2.45, 2.75) is 18.9 Å². The maximum atomic E-state index is 14.5. The van der Waals surface area contributed by atoms with Gasteiger partial charge in [0.05, 0.1) is 7.11 Å². The zero-order valence-corrected chi connectivity index (χ0v) is 11.9. The van der Waals surface area contributed by atoms with Crippen molar-refractivity contribution in [1.29, 1.82) is 0 Å². The third-order valence-corrected chi connectivity index (χ3v) is 3.80. The Hall–Kier alpha value is -1.17. The molecule has 0 aliphatic carbocycles. The van der Waals surface area contributed by atoms with Crippen LogP contribution in [0.2, 0.25) is 0 Å². The number of ether oxygens (including phenoxy) is 1. The first-order valence-corrected chi connectivity index (χ1v) is 7.16. The van der Waals surface area contributed by atoms with Crippen molar-refractivity contribution in [2.24, 2.45) is 0 Å². The SMILES string of the molecule is COc1cccc([C@H](CCCO)N2CCNCC2)c1F. The molecule has 1 aliphatic heterocycles. The quantitative estimate of drug-likeness (QED) is 0.831. The van der Waals surface area contributed by atoms with Crippen LogP contribution in [0.25, 0.3) is 0 Å². The highest BCUT2D eigenvalue weighted by Crippen LogP contribution is 2.31. The van der Waals surface area contributed by atoms with E-state index in [0.717, 1.165) is 32.6 Å². The summed E-state index contributed by atoms with van der Waals surface area (Å²) in [6, 6.07) is 5.28. The Balaban J connectivity index is 2.25. The lowest BCUT2D eigenvalue weighted by molar-refractivity contribution is 0.151. The molecule has 0 saturated carbocycles. The Labute approximate surface area is 119 Å². The van der Waals surface area contributed by atoms with E-state index in [1.165, 1.54) is 7.11 Å². The molecule has 4 nitrogen and oxygen atoms in total. The number of hydrogen-bond acceptors (Lipinski definition) is 4. The van der Waals surface area contributed by atoms with Crippen LogP contribution in [-0.2, 0) is 0 Å². The van der Waals surface area contributed by atoms with Gasteiger partial charge in [0, 0.05) is 44.4 Å². The van der Waals surface area contributed by atoms with Crippen molar-refractivity contribution < 1.29 is 14.2 Å². The van der Waals surface area contributed by atoms with Crippen LogP contribution in [0.4, 0.5) is 4.39 Å². The number of rotatable bonds is 6. The predicted octanol–water partition coefficient (Wildman–Crippen LogP) is 1.55. The first-order valence-electron chi connectivity index (χ1n) is 7.16. The highest BCUT2D eigenvalue weighted by molar-refractivity contribution is 5.33. The molecule has 1 saturated heterocycles. The van der Waals surface area contributed by atoms with Crippen molar-refractivity contribution in [3.63, 3.8) is 0 Å². The molecule has 112 valence electrons. The minimum atomic E-state index is -0.281. The smallest absolute Gasteiger partial charge is 0.169 e. The van der Waals surface area contributed by atoms with Gasteiger partial charge >= 0.3 is 0 Å². The predicted molar refractivity (Wildman–Crippen MR) is 76.5 cm³/mol. The van der Waals surface area contributed by atoms with Crippen molar-refractivity contribution in [1.82, 2.24) is 10.2 Å². The van der Waals surface area contributed by atoms with Gasteiger partial charge in [0.15, 0.2) is 11.6 Å². The summed E-state index contributed by atoms with van der Waals surface area (Å²) >= 11 is 0. The topological polar surface area (TPSA) is 44.7 Å². The molecule has 1 aromatic carbocycles. The van der Waals surface area contributed by atoms with Gasteiger partial charge in [-0.05, 0) is 18.9 Å². The molecule has 20 heavy (non-hydrogen) atoms. The summed E-state index contributed by atoms with van der Waals surface area (Å²) in [5.41, 5.74) is 0.666. The first kappa shape index (κ1) is 15.2. The number of methoxy groups -OCH3 is 1. The van der Waals surface area contributed by atoms with Gasteiger partial charge in [-0.2, -0.15) is 0 Å². The second kappa shape index (κ2) is 7.57. The van der Waals surface area contributed by atoms with E-state index in [9.17, 15) is 4.39 Å². The standard InChI is InChI=1S/C15H23FN2O2/c1-20-14-6-2-4-12(15(14)16)13(5-3-11-19)18-9-7-17-8-10-18/h2,4,6,13,17,19H,3,5,7-11H2,1H3/t13-/m0/s1. The lowest BCUT2D eigenvalue weighted by Crippen LogP contribution is -2.45. The maximum Gasteiger partial charge on any atom is 0.169 e. The molecule has 1 aromatic rings. The highest BCUT2D eigenvalue weighted by Gasteiger charge is 2.25. The first-order chi connectivity index (χ1) is 9.77. The van der Waals surface area contributed by atoms with Crippen molar-refractivity contribution in [2.75, 3.05) is 39.9 Å². The Morgan fingerprint density at radius 3 is 2.80 bits per heavy atom. The average molecular weight is 282 g/mol. The van der Waals surface area contributed by atoms with E-state index in [1.807, 2.05) is 12.1 Å². The number of aliphatic hydroxyl groups is 1. The van der Waals surface area contributed by atoms with Crippen LogP contribution < -0.4 is 10.1 Å². The zero-order valence-electron chi connectivity index (χ0n) is 11.9. The maximum absolute atomic E-state index is 14.5. The summed E-state index contributed by atoms with van der Waals surface area (Å²) in [5.74, 6) is 0.00288. The van der Waals surface area contributed by atoms with Gasteiger partial charge in [0.2, 0.25) is 0 Å². The molecule has 0 spiro atoms. The minimum Gasteiger partial charge on any atom is -0.494 e. The molecule has 2 rings (SSSR count). The minimum absolute atomic E-state index is 0.000602. The van der Waals surface area contributed by atoms with Gasteiger partial charge in [0.1, 0.15) is 0 Å². The van der Waals surface area contributed by atoms with Gasteiger partial charge in [-0.25, -0.2) is 4.39 Å². The summed E-state index contributed by atoms with van der Waals surface area (Å²) < 4.78 is 19.5. The highest BCUT2D eigenvalue weighted by atomic mass is 19.1. The number of benzene rings is 1. The van der Waals surface area contributed by atoms with E-state index in [-0.39, 0.29) is 24.2 Å². The fourth-order valence-corrected chi connectivity index (χ4v) is 2.76. The number of hydrogen-bond donors (Lipinski definition) is 2. The van der Waals surface area contributed by atoms with Crippen LogP contribution >= 0.6 is 0 Å². The van der Waals surface area contributed by atoms with E-state index in [2.05, 4.69) is 10.2 Å². The summed E-state index contributed by atoms with van der Waals surface area (Å²) in [5, 5.41) is 12.4. The fraction of sp³-hybridized carbons (Fsp3) is 0.600. The van der Waals surface area contributed by atoms with E-state index in [4.69, 9.17) is 9.84 Å². The normalized spacial score (nSPS) is 17.9. The molecular formula is C15H23FN2O2. The van der Waals surface area contributed by atoms with E-state index in [0.29, 0.717) is 12.0 Å². The van der Waals surface area contributed by atoms with Gasteiger partial charge in [-0.15, -0.1) is 0 Å². The molecule has 0 aromatic heterocycles. The molecule has 0 amide bonds. The lowest BCUT2D eigenvalue weighted by Gasteiger charge is -2.35. The molecular weight excluding hydrogens is 259 g/mol. The van der Waals surface area contributed by atoms with Gasteiger partial charge in [-0.3, -0.25) is 4.90 Å². The van der Waals surface area contributed by atoms with E-state index in [1.54, 1.807) is 6.07 Å². The third-order valence-electron chi connectivity index (χ3n) is 3.80. The lowest BCUT2D eigenvalue weighted by atomic mass is 9.98. The van der Waals surface area contributed by atoms with E-state index < -0.39 is 0 Å². The van der Waals surface area contributed by atoms with Crippen LogP contribution in [-0.4, -0.2) is 49.9 Å². The van der Waals surface area contributed by atoms with Gasteiger partial charge in [-0.1, -0.05) is 12.1 Å². The van der Waals surface area contributed by atoms with E-state index >= 15 is 0 Å². The summed E-state index contributed by atoms with van der Waals surface area (Å²) in [6.07, 6.45) is 1.42. The van der Waals surface area contributed by atoms with Gasteiger partial charge < -0.3 is 15.2 Å². The summed E-state index contributed by atoms with van der Waals surface area (Å²) in [7, 11) is 1.48. The molecule has 1 heterocycles. The number of nitrogens with one attached hydrogen (secondary N) is 1. The van der Waals surface area contributed by atoms with Crippen LogP contribution in [0.5, 0.6) is 5.75 Å². The van der Waals surface area contributed by atoms with Crippen LogP contribution in [0.15, 0.2) is 18.2 Å². The number of nitrogens with zero attached hydrogens (tertiary/aromatic N) is 1. The van der Waals surface area contributed by atoms with Crippen LogP contribution in [0.1, 0.15) is 24.4 Å². The molecule has 2 N–H and O–H groups in total.